The van der Waals surface area contributed by atoms with Crippen LogP contribution in [0.1, 0.15) is 62.6 Å². The fraction of sp³-hybridized carbons (Fsp3) is 0.667. The first kappa shape index (κ1) is 15.5. The minimum Gasteiger partial charge on any atom is -0.379 e. The normalized spacial score (nSPS) is 19.8. The molecule has 2 heteroatoms. The maximum atomic E-state index is 6.52. The van der Waals surface area contributed by atoms with E-state index in [0.29, 0.717) is 5.92 Å². The molecule has 112 valence electrons. The molecule has 1 fully saturated rings. The van der Waals surface area contributed by atoms with Gasteiger partial charge in [0.1, 0.15) is 0 Å². The van der Waals surface area contributed by atoms with E-state index in [1.807, 2.05) is 7.11 Å². The third-order valence-electron chi connectivity index (χ3n) is 4.62. The summed E-state index contributed by atoms with van der Waals surface area (Å²) in [5.74, 6) is 0.624. The Morgan fingerprint density at radius 2 is 2.00 bits per heavy atom. The van der Waals surface area contributed by atoms with Crippen LogP contribution in [0.2, 0.25) is 0 Å². The molecule has 2 atom stereocenters. The van der Waals surface area contributed by atoms with Gasteiger partial charge in [0.15, 0.2) is 0 Å². The van der Waals surface area contributed by atoms with Crippen LogP contribution in [0.4, 0.5) is 0 Å². The highest BCUT2D eigenvalue weighted by atomic mass is 16.5. The van der Waals surface area contributed by atoms with Crippen LogP contribution < -0.4 is 5.73 Å². The van der Waals surface area contributed by atoms with Gasteiger partial charge in [-0.3, -0.25) is 0 Å². The van der Waals surface area contributed by atoms with Crippen LogP contribution >= 0.6 is 0 Å². The number of rotatable bonds is 6. The molecule has 1 aromatic rings. The van der Waals surface area contributed by atoms with Gasteiger partial charge < -0.3 is 10.5 Å². The summed E-state index contributed by atoms with van der Waals surface area (Å²) in [7, 11) is 1.81. The molecule has 0 aliphatic heterocycles. The topological polar surface area (TPSA) is 35.2 Å². The van der Waals surface area contributed by atoms with Crippen molar-refractivity contribution in [2.24, 2.45) is 11.7 Å². The zero-order valence-corrected chi connectivity index (χ0v) is 13.0. The largest absolute Gasteiger partial charge is 0.379 e. The molecule has 2 nitrogen and oxygen atoms in total. The number of nitrogens with two attached hydrogens (primary N) is 1. The van der Waals surface area contributed by atoms with Gasteiger partial charge in [0, 0.05) is 7.11 Å². The summed E-state index contributed by atoms with van der Waals surface area (Å²) in [6.45, 7) is 2.21. The molecule has 0 amide bonds. The first-order chi connectivity index (χ1) is 9.76. The number of methoxy groups -OCH3 is 1. The van der Waals surface area contributed by atoms with Crippen LogP contribution in [0.5, 0.6) is 0 Å². The van der Waals surface area contributed by atoms with Gasteiger partial charge >= 0.3 is 0 Å². The van der Waals surface area contributed by atoms with Crippen LogP contribution in [0.3, 0.4) is 0 Å². The first-order valence-electron chi connectivity index (χ1n) is 8.13. The summed E-state index contributed by atoms with van der Waals surface area (Å²) < 4.78 is 5.78. The van der Waals surface area contributed by atoms with E-state index in [1.54, 1.807) is 0 Å². The van der Waals surface area contributed by atoms with E-state index in [0.717, 1.165) is 6.42 Å². The molecule has 1 aliphatic rings. The molecule has 1 saturated carbocycles. The van der Waals surface area contributed by atoms with E-state index in [9.17, 15) is 0 Å². The molecule has 2 unspecified atom stereocenters. The zero-order valence-electron chi connectivity index (χ0n) is 13.0. The average molecular weight is 275 g/mol. The lowest BCUT2D eigenvalue weighted by Crippen LogP contribution is -2.36. The van der Waals surface area contributed by atoms with Crippen LogP contribution in [-0.2, 0) is 11.2 Å². The van der Waals surface area contributed by atoms with Crippen molar-refractivity contribution in [3.8, 4) is 0 Å². The minimum absolute atomic E-state index is 0.0000869. The lowest BCUT2D eigenvalue weighted by Gasteiger charge is -2.33. The Hall–Kier alpha value is -0.860. The molecule has 0 spiro atoms. The molecule has 0 bridgehead atoms. The fourth-order valence-electron chi connectivity index (χ4n) is 3.53. The van der Waals surface area contributed by atoms with Crippen molar-refractivity contribution < 1.29 is 4.74 Å². The number of hydrogen-bond acceptors (Lipinski definition) is 2. The van der Waals surface area contributed by atoms with Crippen molar-refractivity contribution in [2.75, 3.05) is 7.11 Å². The molecular weight excluding hydrogens is 246 g/mol. The summed E-state index contributed by atoms with van der Waals surface area (Å²) in [5, 5.41) is 0. The summed E-state index contributed by atoms with van der Waals surface area (Å²) in [4.78, 5) is 0. The van der Waals surface area contributed by atoms with Gasteiger partial charge in [0.05, 0.1) is 12.1 Å². The molecular formula is C18H29NO. The number of aryl methyl sites for hydroxylation is 1. The SMILES string of the molecule is CCCc1cccc(C(N)C(OC)C2CCCCC2)c1. The van der Waals surface area contributed by atoms with Gasteiger partial charge in [-0.25, -0.2) is 0 Å². The smallest absolute Gasteiger partial charge is 0.0791 e. The number of benzene rings is 1. The van der Waals surface area contributed by atoms with E-state index in [-0.39, 0.29) is 12.1 Å². The number of ether oxygens (including phenoxy) is 1. The zero-order chi connectivity index (χ0) is 14.4. The lowest BCUT2D eigenvalue weighted by atomic mass is 9.81. The fourth-order valence-corrected chi connectivity index (χ4v) is 3.53. The van der Waals surface area contributed by atoms with Gasteiger partial charge in [-0.15, -0.1) is 0 Å². The van der Waals surface area contributed by atoms with Crippen molar-refractivity contribution in [1.29, 1.82) is 0 Å². The highest BCUT2D eigenvalue weighted by Crippen LogP contribution is 2.33. The third-order valence-corrected chi connectivity index (χ3v) is 4.62. The van der Waals surface area contributed by atoms with E-state index < -0.39 is 0 Å². The Balaban J connectivity index is 2.10. The Morgan fingerprint density at radius 3 is 2.65 bits per heavy atom. The number of hydrogen-bond donors (Lipinski definition) is 1. The summed E-state index contributed by atoms with van der Waals surface area (Å²) in [5.41, 5.74) is 9.14. The summed E-state index contributed by atoms with van der Waals surface area (Å²) in [6.07, 6.45) is 9.01. The van der Waals surface area contributed by atoms with E-state index in [1.165, 1.54) is 49.7 Å². The quantitative estimate of drug-likeness (QED) is 0.843. The van der Waals surface area contributed by atoms with Crippen molar-refractivity contribution in [3.63, 3.8) is 0 Å². The second-order valence-corrected chi connectivity index (χ2v) is 6.12. The van der Waals surface area contributed by atoms with Crippen LogP contribution in [0, 0.1) is 5.92 Å². The molecule has 0 radical (unpaired) electrons. The second kappa shape index (κ2) is 7.80. The van der Waals surface area contributed by atoms with Crippen LogP contribution in [0.25, 0.3) is 0 Å². The highest BCUT2D eigenvalue weighted by molar-refractivity contribution is 5.27. The van der Waals surface area contributed by atoms with Gasteiger partial charge in [-0.1, -0.05) is 56.9 Å². The Bertz CT molecular complexity index is 398. The standard InChI is InChI=1S/C18H29NO/c1-3-8-14-9-7-12-16(13-14)17(19)18(20-2)15-10-5-4-6-11-15/h7,9,12-13,15,17-18H,3-6,8,10-11,19H2,1-2H3. The van der Waals surface area contributed by atoms with Crippen molar-refractivity contribution in [1.82, 2.24) is 0 Å². The molecule has 0 heterocycles. The second-order valence-electron chi connectivity index (χ2n) is 6.12. The Morgan fingerprint density at radius 1 is 1.25 bits per heavy atom. The van der Waals surface area contributed by atoms with Crippen molar-refractivity contribution >= 4 is 0 Å². The van der Waals surface area contributed by atoms with E-state index in [2.05, 4.69) is 31.2 Å². The van der Waals surface area contributed by atoms with Gasteiger partial charge in [0.2, 0.25) is 0 Å². The Labute approximate surface area is 123 Å². The predicted octanol–water partition coefficient (Wildman–Crippen LogP) is 4.23. The predicted molar refractivity (Wildman–Crippen MR) is 84.7 cm³/mol. The van der Waals surface area contributed by atoms with E-state index >= 15 is 0 Å². The molecule has 0 saturated heterocycles. The average Bonchev–Trinajstić information content (AvgIpc) is 2.50. The highest BCUT2D eigenvalue weighted by Gasteiger charge is 2.29. The van der Waals surface area contributed by atoms with E-state index in [4.69, 9.17) is 10.5 Å². The molecule has 0 aromatic heterocycles. The third kappa shape index (κ3) is 3.83. The maximum absolute atomic E-state index is 6.52. The molecule has 2 N–H and O–H groups in total. The molecule has 1 aliphatic carbocycles. The maximum Gasteiger partial charge on any atom is 0.0791 e. The molecule has 20 heavy (non-hydrogen) atoms. The van der Waals surface area contributed by atoms with Gasteiger partial charge in [-0.2, -0.15) is 0 Å². The lowest BCUT2D eigenvalue weighted by molar-refractivity contribution is 0.0173. The monoisotopic (exact) mass is 275 g/mol. The van der Waals surface area contributed by atoms with Crippen molar-refractivity contribution in [3.05, 3.63) is 35.4 Å². The summed E-state index contributed by atoms with van der Waals surface area (Å²) >= 11 is 0. The molecule has 2 rings (SSSR count). The molecule has 1 aromatic carbocycles. The summed E-state index contributed by atoms with van der Waals surface area (Å²) in [6, 6.07) is 8.75. The first-order valence-corrected chi connectivity index (χ1v) is 8.13. The Kier molecular flexibility index (Phi) is 6.06. The van der Waals surface area contributed by atoms with Gasteiger partial charge in [-0.05, 0) is 36.3 Å². The minimum atomic E-state index is -0.0000869. The van der Waals surface area contributed by atoms with Gasteiger partial charge in [0.25, 0.3) is 0 Å². The van der Waals surface area contributed by atoms with Crippen LogP contribution in [0.15, 0.2) is 24.3 Å². The van der Waals surface area contributed by atoms with Crippen molar-refractivity contribution in [2.45, 2.75) is 64.0 Å². The van der Waals surface area contributed by atoms with Crippen LogP contribution in [-0.4, -0.2) is 13.2 Å².